The van der Waals surface area contributed by atoms with Gasteiger partial charge in [-0.05, 0) is 18.2 Å². The minimum Gasteiger partial charge on any atom is -0.496 e. The molecule has 112 valence electrons. The molecule has 0 fully saturated rings. The van der Waals surface area contributed by atoms with Crippen LogP contribution < -0.4 is 14.2 Å². The summed E-state index contributed by atoms with van der Waals surface area (Å²) in [5, 5.41) is 7.24. The van der Waals surface area contributed by atoms with Crippen molar-refractivity contribution in [3.8, 4) is 28.4 Å². The van der Waals surface area contributed by atoms with E-state index in [9.17, 15) is 4.79 Å². The van der Waals surface area contributed by atoms with Gasteiger partial charge in [-0.2, -0.15) is 0 Å². The molecule has 0 spiro atoms. The number of hydrogen-bond acceptors (Lipinski definition) is 5. The van der Waals surface area contributed by atoms with Crippen LogP contribution in [0.25, 0.3) is 11.1 Å². The van der Waals surface area contributed by atoms with E-state index in [1.54, 1.807) is 38.5 Å². The lowest BCUT2D eigenvalue weighted by molar-refractivity contribution is -0.119. The Kier molecular flexibility index (Phi) is 3.55. The molecule has 0 saturated heterocycles. The average Bonchev–Trinajstić information content (AvgIpc) is 2.58. The number of ketones is 1. The first-order valence-corrected chi connectivity index (χ1v) is 6.76. The molecule has 0 saturated carbocycles. The second kappa shape index (κ2) is 5.52. The Morgan fingerprint density at radius 1 is 1.09 bits per heavy atom. The van der Waals surface area contributed by atoms with Crippen molar-refractivity contribution in [1.82, 2.24) is 0 Å². The fourth-order valence-electron chi connectivity index (χ4n) is 2.71. The highest BCUT2D eigenvalue weighted by molar-refractivity contribution is 6.28. The zero-order chi connectivity index (χ0) is 15.7. The van der Waals surface area contributed by atoms with Crippen LogP contribution in [0.3, 0.4) is 0 Å². The van der Waals surface area contributed by atoms with Gasteiger partial charge in [0.05, 0.1) is 26.0 Å². The molecule has 1 unspecified atom stereocenters. The number of hydrogen-bond donors (Lipinski definition) is 1. The Morgan fingerprint density at radius 3 is 2.36 bits per heavy atom. The number of nitrogens with one attached hydrogen (secondary N) is 1. The number of carbonyl (C=O) groups is 1. The smallest absolute Gasteiger partial charge is 0.218 e. The van der Waals surface area contributed by atoms with E-state index >= 15 is 0 Å². The number of rotatable bonds is 4. The van der Waals surface area contributed by atoms with Gasteiger partial charge < -0.3 is 19.6 Å². The van der Waals surface area contributed by atoms with E-state index in [1.807, 2.05) is 12.1 Å². The molecule has 22 heavy (non-hydrogen) atoms. The van der Waals surface area contributed by atoms with Crippen LogP contribution in [0.2, 0.25) is 0 Å². The monoisotopic (exact) mass is 297 g/mol. The highest BCUT2D eigenvalue weighted by Gasteiger charge is 2.34. The van der Waals surface area contributed by atoms with Crippen molar-refractivity contribution in [3.05, 3.63) is 42.0 Å². The number of fused-ring (bicyclic) bond motifs is 3. The van der Waals surface area contributed by atoms with Gasteiger partial charge in [-0.1, -0.05) is 18.2 Å². The molecular weight excluding hydrogens is 282 g/mol. The predicted octanol–water partition coefficient (Wildman–Crippen LogP) is 3.02. The van der Waals surface area contributed by atoms with Crippen LogP contribution in [-0.2, 0) is 4.79 Å². The Labute approximate surface area is 127 Å². The first-order chi connectivity index (χ1) is 10.7. The van der Waals surface area contributed by atoms with Crippen LogP contribution in [0.15, 0.2) is 36.4 Å². The van der Waals surface area contributed by atoms with E-state index in [-0.39, 0.29) is 0 Å². The van der Waals surface area contributed by atoms with E-state index in [2.05, 4.69) is 0 Å². The lowest BCUT2D eigenvalue weighted by Gasteiger charge is -2.29. The SMILES string of the molecule is COc1cccc2c1-c1c(OC)cccc1C(C(=O)C=N)O2. The van der Waals surface area contributed by atoms with Gasteiger partial charge in [0.25, 0.3) is 0 Å². The van der Waals surface area contributed by atoms with E-state index in [4.69, 9.17) is 19.6 Å². The number of ether oxygens (including phenoxy) is 3. The Hall–Kier alpha value is -2.82. The molecule has 1 heterocycles. The van der Waals surface area contributed by atoms with Crippen LogP contribution >= 0.6 is 0 Å². The summed E-state index contributed by atoms with van der Waals surface area (Å²) in [5.74, 6) is 1.40. The molecule has 3 rings (SSSR count). The molecule has 0 radical (unpaired) electrons. The topological polar surface area (TPSA) is 68.6 Å². The standard InChI is InChI=1S/C17H15NO4/c1-20-12-6-3-5-10-15(12)16-13(21-2)7-4-8-14(16)22-17(10)11(19)9-18/h3-9,17-18H,1-2H3. The number of Topliss-reactive ketones (excluding diaryl/α,β-unsaturated/α-hetero) is 1. The van der Waals surface area contributed by atoms with Gasteiger partial charge in [0, 0.05) is 11.1 Å². The maximum atomic E-state index is 12.1. The highest BCUT2D eigenvalue weighted by atomic mass is 16.5. The normalized spacial score (nSPS) is 15.1. The molecule has 5 heteroatoms. The molecular formula is C17H15NO4. The summed E-state index contributed by atoms with van der Waals surface area (Å²) in [6.07, 6.45) is -0.0683. The van der Waals surface area contributed by atoms with E-state index < -0.39 is 11.9 Å². The third-order valence-corrected chi connectivity index (χ3v) is 3.66. The molecule has 1 aliphatic heterocycles. The summed E-state index contributed by atoms with van der Waals surface area (Å²) < 4.78 is 16.7. The highest BCUT2D eigenvalue weighted by Crippen LogP contribution is 2.50. The molecule has 5 nitrogen and oxygen atoms in total. The van der Waals surface area contributed by atoms with Crippen molar-refractivity contribution < 1.29 is 19.0 Å². The van der Waals surface area contributed by atoms with Gasteiger partial charge in [-0.3, -0.25) is 4.79 Å². The number of carbonyl (C=O) groups excluding carboxylic acids is 1. The van der Waals surface area contributed by atoms with Gasteiger partial charge in [-0.15, -0.1) is 0 Å². The molecule has 1 aliphatic rings. The van der Waals surface area contributed by atoms with Crippen LogP contribution in [0.5, 0.6) is 17.2 Å². The van der Waals surface area contributed by atoms with Crippen molar-refractivity contribution in [1.29, 1.82) is 5.41 Å². The van der Waals surface area contributed by atoms with Crippen LogP contribution in [0, 0.1) is 5.41 Å². The van der Waals surface area contributed by atoms with Gasteiger partial charge >= 0.3 is 0 Å². The van der Waals surface area contributed by atoms with Crippen LogP contribution in [0.4, 0.5) is 0 Å². The third-order valence-electron chi connectivity index (χ3n) is 3.66. The molecule has 0 bridgehead atoms. The summed E-state index contributed by atoms with van der Waals surface area (Å²) >= 11 is 0. The van der Waals surface area contributed by atoms with Crippen molar-refractivity contribution >= 4 is 12.0 Å². The molecule has 1 atom stereocenters. The van der Waals surface area contributed by atoms with Crippen molar-refractivity contribution in [2.45, 2.75) is 6.10 Å². The summed E-state index contributed by atoms with van der Waals surface area (Å²) in [5.41, 5.74) is 2.19. The summed E-state index contributed by atoms with van der Waals surface area (Å²) in [7, 11) is 3.16. The molecule has 0 aliphatic carbocycles. The maximum Gasteiger partial charge on any atom is 0.218 e. The van der Waals surface area contributed by atoms with E-state index in [0.29, 0.717) is 22.8 Å². The van der Waals surface area contributed by atoms with E-state index in [0.717, 1.165) is 17.3 Å². The molecule has 2 aromatic rings. The lowest BCUT2D eigenvalue weighted by Crippen LogP contribution is -2.23. The fourth-order valence-corrected chi connectivity index (χ4v) is 2.71. The molecule has 0 aromatic heterocycles. The van der Waals surface area contributed by atoms with Crippen LogP contribution in [0.1, 0.15) is 11.7 Å². The Bertz CT molecular complexity index is 754. The zero-order valence-electron chi connectivity index (χ0n) is 12.3. The molecule has 2 aromatic carbocycles. The first kappa shape index (κ1) is 14.1. The van der Waals surface area contributed by atoms with Crippen molar-refractivity contribution in [2.24, 2.45) is 0 Å². The molecule has 1 N–H and O–H groups in total. The average molecular weight is 297 g/mol. The minimum atomic E-state index is -0.845. The predicted molar refractivity (Wildman–Crippen MR) is 82.1 cm³/mol. The summed E-state index contributed by atoms with van der Waals surface area (Å²) in [6.45, 7) is 0. The van der Waals surface area contributed by atoms with Gasteiger partial charge in [0.15, 0.2) is 6.10 Å². The zero-order valence-corrected chi connectivity index (χ0v) is 12.3. The lowest BCUT2D eigenvalue weighted by atomic mass is 9.90. The third kappa shape index (κ3) is 2.02. The maximum absolute atomic E-state index is 12.1. The van der Waals surface area contributed by atoms with Crippen molar-refractivity contribution in [3.63, 3.8) is 0 Å². The fraction of sp³-hybridized carbons (Fsp3) is 0.176. The van der Waals surface area contributed by atoms with Crippen LogP contribution in [-0.4, -0.2) is 26.2 Å². The largest absolute Gasteiger partial charge is 0.496 e. The number of methoxy groups -OCH3 is 2. The molecule has 0 amide bonds. The quantitative estimate of drug-likeness (QED) is 0.881. The number of benzene rings is 2. The van der Waals surface area contributed by atoms with Gasteiger partial charge in [0.2, 0.25) is 5.78 Å². The minimum absolute atomic E-state index is 0.414. The second-order valence-electron chi connectivity index (χ2n) is 4.80. The second-order valence-corrected chi connectivity index (χ2v) is 4.80. The Morgan fingerprint density at radius 2 is 1.73 bits per heavy atom. The van der Waals surface area contributed by atoms with Gasteiger partial charge in [0.1, 0.15) is 17.2 Å². The Balaban J connectivity index is 2.33. The first-order valence-electron chi connectivity index (χ1n) is 6.76. The van der Waals surface area contributed by atoms with E-state index in [1.165, 1.54) is 0 Å². The van der Waals surface area contributed by atoms with Gasteiger partial charge in [-0.25, -0.2) is 0 Å². The summed E-state index contributed by atoms with van der Waals surface area (Å²) in [6, 6.07) is 10.8. The summed E-state index contributed by atoms with van der Waals surface area (Å²) in [4.78, 5) is 12.1. The van der Waals surface area contributed by atoms with Crippen molar-refractivity contribution in [2.75, 3.05) is 14.2 Å².